The largest absolute Gasteiger partial charge is 0.419 e. The highest BCUT2D eigenvalue weighted by atomic mass is 19.4. The van der Waals surface area contributed by atoms with Crippen molar-refractivity contribution in [3.63, 3.8) is 0 Å². The number of rotatable bonds is 3. The maximum absolute atomic E-state index is 14.8. The number of benzene rings is 2. The van der Waals surface area contributed by atoms with Crippen LogP contribution in [0.4, 0.5) is 22.0 Å². The standard InChI is InChI=1S/C25H27F5/c1-2-15-3-4-17-12-18(6-5-16(17)11-15)19-7-9-21(23(26)13-19)20-8-10-22(24(27)14-20)25(28,29)30/h7-10,13-18H,2-6,11-12H2,1H3/t15?,16-,17-,18-/m1/s1. The monoisotopic (exact) mass is 422 g/mol. The number of fused-ring (bicyclic) bond motifs is 1. The zero-order valence-electron chi connectivity index (χ0n) is 17.1. The molecule has 1 unspecified atom stereocenters. The van der Waals surface area contributed by atoms with Crippen molar-refractivity contribution in [3.05, 3.63) is 59.2 Å². The second-order valence-corrected chi connectivity index (χ2v) is 9.05. The van der Waals surface area contributed by atoms with Gasteiger partial charge in [-0.3, -0.25) is 0 Å². The van der Waals surface area contributed by atoms with Gasteiger partial charge in [-0.2, -0.15) is 13.2 Å². The summed E-state index contributed by atoms with van der Waals surface area (Å²) in [5, 5.41) is 0. The molecule has 2 aromatic rings. The topological polar surface area (TPSA) is 0 Å². The molecule has 0 aliphatic heterocycles. The highest BCUT2D eigenvalue weighted by Gasteiger charge is 2.36. The Morgan fingerprint density at radius 3 is 2.23 bits per heavy atom. The number of hydrogen-bond acceptors (Lipinski definition) is 0. The van der Waals surface area contributed by atoms with E-state index in [9.17, 15) is 22.0 Å². The Balaban J connectivity index is 1.51. The number of alkyl halides is 3. The highest BCUT2D eigenvalue weighted by Crippen LogP contribution is 2.48. The van der Waals surface area contributed by atoms with Crippen LogP contribution in [0.3, 0.4) is 0 Å². The molecule has 2 aliphatic carbocycles. The predicted molar refractivity (Wildman–Crippen MR) is 108 cm³/mol. The zero-order chi connectivity index (χ0) is 21.5. The van der Waals surface area contributed by atoms with Crippen molar-refractivity contribution < 1.29 is 22.0 Å². The van der Waals surface area contributed by atoms with Gasteiger partial charge in [0.25, 0.3) is 0 Å². The van der Waals surface area contributed by atoms with Gasteiger partial charge in [-0.15, -0.1) is 0 Å². The van der Waals surface area contributed by atoms with Gasteiger partial charge >= 0.3 is 6.18 Å². The van der Waals surface area contributed by atoms with E-state index in [2.05, 4.69) is 6.92 Å². The Labute approximate surface area is 174 Å². The van der Waals surface area contributed by atoms with E-state index in [0.29, 0.717) is 17.9 Å². The molecular weight excluding hydrogens is 395 g/mol. The normalized spacial score (nSPS) is 27.0. The van der Waals surface area contributed by atoms with Crippen molar-refractivity contribution in [2.45, 2.75) is 64.0 Å². The van der Waals surface area contributed by atoms with Crippen molar-refractivity contribution in [1.29, 1.82) is 0 Å². The molecule has 2 saturated carbocycles. The molecule has 0 nitrogen and oxygen atoms in total. The minimum absolute atomic E-state index is 0.117. The summed E-state index contributed by atoms with van der Waals surface area (Å²) in [6, 6.07) is 7.49. The van der Waals surface area contributed by atoms with Crippen LogP contribution in [0.5, 0.6) is 0 Å². The quantitative estimate of drug-likeness (QED) is 0.436. The lowest BCUT2D eigenvalue weighted by Crippen LogP contribution is -2.30. The minimum atomic E-state index is -4.76. The molecule has 30 heavy (non-hydrogen) atoms. The second kappa shape index (κ2) is 8.32. The molecule has 4 atom stereocenters. The Morgan fingerprint density at radius 1 is 0.833 bits per heavy atom. The van der Waals surface area contributed by atoms with E-state index in [1.807, 2.05) is 6.07 Å². The van der Waals surface area contributed by atoms with Gasteiger partial charge in [-0.25, -0.2) is 8.78 Å². The van der Waals surface area contributed by atoms with Crippen LogP contribution in [0.15, 0.2) is 36.4 Å². The summed E-state index contributed by atoms with van der Waals surface area (Å²) >= 11 is 0. The molecule has 162 valence electrons. The average molecular weight is 422 g/mol. The van der Waals surface area contributed by atoms with Crippen LogP contribution in [0, 0.1) is 29.4 Å². The van der Waals surface area contributed by atoms with Gasteiger partial charge < -0.3 is 0 Å². The molecule has 0 spiro atoms. The van der Waals surface area contributed by atoms with E-state index in [0.717, 1.165) is 42.4 Å². The highest BCUT2D eigenvalue weighted by molar-refractivity contribution is 5.65. The fraction of sp³-hybridized carbons (Fsp3) is 0.520. The molecule has 2 aliphatic rings. The first-order valence-electron chi connectivity index (χ1n) is 10.9. The van der Waals surface area contributed by atoms with Crippen LogP contribution < -0.4 is 0 Å². The lowest BCUT2D eigenvalue weighted by Gasteiger charge is -2.42. The van der Waals surface area contributed by atoms with Gasteiger partial charge in [0.1, 0.15) is 11.6 Å². The molecule has 2 fully saturated rings. The van der Waals surface area contributed by atoms with Crippen LogP contribution in [0.1, 0.15) is 68.9 Å². The average Bonchev–Trinajstić information content (AvgIpc) is 2.71. The Bertz CT molecular complexity index is 901. The molecule has 2 aromatic carbocycles. The van der Waals surface area contributed by atoms with E-state index < -0.39 is 23.4 Å². The summed E-state index contributed by atoms with van der Waals surface area (Å²) < 4.78 is 67.0. The molecule has 0 aromatic heterocycles. The Morgan fingerprint density at radius 2 is 1.57 bits per heavy atom. The summed E-state index contributed by atoms with van der Waals surface area (Å²) in [7, 11) is 0. The van der Waals surface area contributed by atoms with E-state index >= 15 is 0 Å². The van der Waals surface area contributed by atoms with Gasteiger partial charge in [-0.05, 0) is 85.1 Å². The Kier molecular flexibility index (Phi) is 5.91. The van der Waals surface area contributed by atoms with Crippen molar-refractivity contribution in [2.24, 2.45) is 17.8 Å². The maximum Gasteiger partial charge on any atom is 0.419 e. The fourth-order valence-electron chi connectivity index (χ4n) is 5.59. The van der Waals surface area contributed by atoms with Gasteiger partial charge in [0.2, 0.25) is 0 Å². The van der Waals surface area contributed by atoms with E-state index in [4.69, 9.17) is 0 Å². The molecule has 0 saturated heterocycles. The lowest BCUT2D eigenvalue weighted by molar-refractivity contribution is -0.139. The van der Waals surface area contributed by atoms with Gasteiger partial charge in [-0.1, -0.05) is 38.0 Å². The molecule has 0 amide bonds. The number of halogens is 5. The molecule has 5 heteroatoms. The van der Waals surface area contributed by atoms with E-state index in [1.165, 1.54) is 38.2 Å². The third-order valence-electron chi connectivity index (χ3n) is 7.35. The van der Waals surface area contributed by atoms with Crippen molar-refractivity contribution in [3.8, 4) is 11.1 Å². The zero-order valence-corrected chi connectivity index (χ0v) is 17.1. The third kappa shape index (κ3) is 4.26. The van der Waals surface area contributed by atoms with Crippen LogP contribution in [0.2, 0.25) is 0 Å². The molecule has 0 N–H and O–H groups in total. The molecular formula is C25H27F5. The van der Waals surface area contributed by atoms with Crippen molar-refractivity contribution in [1.82, 2.24) is 0 Å². The summed E-state index contributed by atoms with van der Waals surface area (Å²) in [6.07, 6.45) is 3.66. The van der Waals surface area contributed by atoms with Gasteiger partial charge in [0.15, 0.2) is 0 Å². The lowest BCUT2D eigenvalue weighted by atomic mass is 9.63. The van der Waals surface area contributed by atoms with E-state index in [-0.39, 0.29) is 11.1 Å². The molecule has 4 rings (SSSR count). The molecule has 0 bridgehead atoms. The summed E-state index contributed by atoms with van der Waals surface area (Å²) in [5.41, 5.74) is -0.146. The van der Waals surface area contributed by atoms with E-state index in [1.54, 1.807) is 6.07 Å². The minimum Gasteiger partial charge on any atom is -0.206 e. The molecule has 0 heterocycles. The predicted octanol–water partition coefficient (Wildman–Crippen LogP) is 8.36. The van der Waals surface area contributed by atoms with Crippen LogP contribution >= 0.6 is 0 Å². The van der Waals surface area contributed by atoms with Crippen molar-refractivity contribution >= 4 is 0 Å². The van der Waals surface area contributed by atoms with Crippen LogP contribution in [-0.4, -0.2) is 0 Å². The van der Waals surface area contributed by atoms with Crippen molar-refractivity contribution in [2.75, 3.05) is 0 Å². The first kappa shape index (κ1) is 21.3. The summed E-state index contributed by atoms with van der Waals surface area (Å²) in [6.45, 7) is 2.27. The van der Waals surface area contributed by atoms with Crippen LogP contribution in [-0.2, 0) is 6.18 Å². The van der Waals surface area contributed by atoms with Crippen LogP contribution in [0.25, 0.3) is 11.1 Å². The summed E-state index contributed by atoms with van der Waals surface area (Å²) in [5.74, 6) is 0.770. The molecule has 0 radical (unpaired) electrons. The maximum atomic E-state index is 14.8. The number of hydrogen-bond donors (Lipinski definition) is 0. The Hall–Kier alpha value is -1.91. The van der Waals surface area contributed by atoms with Gasteiger partial charge in [0, 0.05) is 5.56 Å². The second-order valence-electron chi connectivity index (χ2n) is 9.05. The first-order valence-corrected chi connectivity index (χ1v) is 10.9. The fourth-order valence-corrected chi connectivity index (χ4v) is 5.59. The smallest absolute Gasteiger partial charge is 0.206 e. The SMILES string of the molecule is CCC1CC[C@@H]2C[C@H](c3ccc(-c4ccc(C(F)(F)F)c(F)c4)c(F)c3)CC[C@@H]2C1. The first-order chi connectivity index (χ1) is 14.3. The summed E-state index contributed by atoms with van der Waals surface area (Å²) in [4.78, 5) is 0. The third-order valence-corrected chi connectivity index (χ3v) is 7.35. The van der Waals surface area contributed by atoms with Gasteiger partial charge in [0.05, 0.1) is 5.56 Å².